The van der Waals surface area contributed by atoms with E-state index in [1.54, 1.807) is 6.92 Å². The van der Waals surface area contributed by atoms with Crippen molar-refractivity contribution < 1.29 is 25.2 Å². The normalized spacial score (nSPS) is 22.6. The number of amides is 1. The van der Waals surface area contributed by atoms with Crippen LogP contribution in [0.15, 0.2) is 0 Å². The first-order valence-corrected chi connectivity index (χ1v) is 5.03. The molecule has 6 nitrogen and oxygen atoms in total. The number of ketones is 1. The Balaban J connectivity index is 2.71. The van der Waals surface area contributed by atoms with Gasteiger partial charge < -0.3 is 9.47 Å². The van der Waals surface area contributed by atoms with Crippen LogP contribution in [0.2, 0.25) is 0 Å². The summed E-state index contributed by atoms with van der Waals surface area (Å²) in [5, 5.41) is 0. The Morgan fingerprint density at radius 3 is 2.75 bits per heavy atom. The van der Waals surface area contributed by atoms with Gasteiger partial charge in [0.25, 0.3) is 0 Å². The van der Waals surface area contributed by atoms with Crippen LogP contribution in [-0.2, 0) is 19.1 Å². The first-order chi connectivity index (χ1) is 7.95. The highest BCUT2D eigenvalue weighted by Gasteiger charge is 2.40. The molecule has 90 valence electrons. The smallest absolute Gasteiger partial charge is 0.410 e. The second kappa shape index (κ2) is 5.48. The van der Waals surface area contributed by atoms with Crippen LogP contribution in [0.25, 0.3) is 0 Å². The Bertz CT molecular complexity index is 331. The summed E-state index contributed by atoms with van der Waals surface area (Å²) in [6.07, 6.45) is -0.892. The zero-order valence-electron chi connectivity index (χ0n) is 10.3. The van der Waals surface area contributed by atoms with Gasteiger partial charge in [0.1, 0.15) is 6.04 Å². The van der Waals surface area contributed by atoms with E-state index in [2.05, 4.69) is 4.74 Å². The lowest BCUT2D eigenvalue weighted by Crippen LogP contribution is -2.41. The fraction of sp³-hybridized carbons (Fsp3) is 0.700. The zero-order valence-corrected chi connectivity index (χ0v) is 9.26. The fourth-order valence-electron chi connectivity index (χ4n) is 1.50. The van der Waals surface area contributed by atoms with Gasteiger partial charge in [-0.15, -0.1) is 0 Å². The molecule has 1 fully saturated rings. The van der Waals surface area contributed by atoms with Crippen LogP contribution in [0, 0.1) is 0 Å². The second-order valence-electron chi connectivity index (χ2n) is 3.26. The minimum absolute atomic E-state index is 0.0552. The largest absolute Gasteiger partial charge is 0.464 e. The Labute approximate surface area is 94.9 Å². The molecule has 1 aliphatic rings. The summed E-state index contributed by atoms with van der Waals surface area (Å²) < 4.78 is 16.5. The zero-order chi connectivity index (χ0) is 13.0. The van der Waals surface area contributed by atoms with Crippen LogP contribution in [0.1, 0.15) is 21.6 Å². The van der Waals surface area contributed by atoms with Crippen LogP contribution in [-0.4, -0.2) is 48.5 Å². The van der Waals surface area contributed by atoms with Gasteiger partial charge in [-0.2, -0.15) is 0 Å². The molecule has 0 aromatic carbocycles. The van der Waals surface area contributed by atoms with Gasteiger partial charge in [-0.3, -0.25) is 9.69 Å². The molecule has 1 saturated heterocycles. The number of carbonyl (C=O) groups excluding carboxylic acids is 3. The van der Waals surface area contributed by atoms with Gasteiger partial charge in [-0.25, -0.2) is 9.59 Å². The number of esters is 1. The summed E-state index contributed by atoms with van der Waals surface area (Å²) in [6, 6.07) is -0.923. The summed E-state index contributed by atoms with van der Waals surface area (Å²) >= 11 is 0. The molecule has 0 aliphatic carbocycles. The summed E-state index contributed by atoms with van der Waals surface area (Å²) in [6.45, 7) is 1.98. The topological polar surface area (TPSA) is 72.9 Å². The van der Waals surface area contributed by atoms with Gasteiger partial charge in [0.2, 0.25) is 0 Å². The van der Waals surface area contributed by atoms with Gasteiger partial charge in [0.05, 0.1) is 21.1 Å². The molecule has 2 atom stereocenters. The Morgan fingerprint density at radius 1 is 1.50 bits per heavy atom. The highest BCUT2D eigenvalue weighted by Crippen LogP contribution is 2.17. The maximum Gasteiger partial charge on any atom is 0.410 e. The molecule has 1 amide bonds. The minimum atomic E-state index is -1.04. The van der Waals surface area contributed by atoms with Crippen molar-refractivity contribution in [3.8, 4) is 0 Å². The average molecular weight is 230 g/mol. The van der Waals surface area contributed by atoms with E-state index >= 15 is 0 Å². The number of nitrogens with zero attached hydrogens (tertiary/aromatic N) is 1. The van der Waals surface area contributed by atoms with Crippen LogP contribution >= 0.6 is 0 Å². The molecule has 1 heterocycles. The third-order valence-electron chi connectivity index (χ3n) is 2.16. The molecule has 0 spiro atoms. The number of likely N-dealkylation sites (tertiary alicyclic amines) is 1. The number of hydrogen-bond acceptors (Lipinski definition) is 5. The van der Waals surface area contributed by atoms with E-state index in [0.717, 1.165) is 4.90 Å². The van der Waals surface area contributed by atoms with E-state index in [9.17, 15) is 14.4 Å². The first kappa shape index (κ1) is 10.9. The van der Waals surface area contributed by atoms with Crippen molar-refractivity contribution in [3.63, 3.8) is 0 Å². The molecule has 0 aromatic rings. The predicted molar refractivity (Wildman–Crippen MR) is 53.8 cm³/mol. The van der Waals surface area contributed by atoms with Gasteiger partial charge in [0.15, 0.2) is 5.78 Å². The monoisotopic (exact) mass is 230 g/mol. The molecule has 0 saturated carbocycles. The lowest BCUT2D eigenvalue weighted by atomic mass is 10.2. The van der Waals surface area contributed by atoms with Crippen LogP contribution in [0.3, 0.4) is 0 Å². The predicted octanol–water partition coefficient (Wildman–Crippen LogP) is 0.349. The Hall–Kier alpha value is -1.59. The SMILES string of the molecule is [2H]C(C)OC(=O)N1CC(=O)C[C@H]1C(=O)OCC. The number of Topliss-reactive ketones (excluding diaryl/α,β-unsaturated/α-hetero) is 1. The third-order valence-corrected chi connectivity index (χ3v) is 2.16. The fourth-order valence-corrected chi connectivity index (χ4v) is 1.50. The summed E-state index contributed by atoms with van der Waals surface area (Å²) in [4.78, 5) is 35.3. The van der Waals surface area contributed by atoms with Gasteiger partial charge in [0, 0.05) is 6.42 Å². The maximum atomic E-state index is 11.5. The number of rotatable bonds is 3. The van der Waals surface area contributed by atoms with Crippen molar-refractivity contribution in [3.05, 3.63) is 0 Å². The molecular weight excluding hydrogens is 214 g/mol. The molecule has 1 unspecified atom stereocenters. The van der Waals surface area contributed by atoms with E-state index in [1.807, 2.05) is 0 Å². The summed E-state index contributed by atoms with van der Waals surface area (Å²) in [5.41, 5.74) is 0. The van der Waals surface area contributed by atoms with Gasteiger partial charge >= 0.3 is 12.1 Å². The molecule has 0 N–H and O–H groups in total. The quantitative estimate of drug-likeness (QED) is 0.654. The van der Waals surface area contributed by atoms with E-state index < -0.39 is 24.7 Å². The highest BCUT2D eigenvalue weighted by molar-refractivity contribution is 5.95. The van der Waals surface area contributed by atoms with Crippen molar-refractivity contribution in [1.82, 2.24) is 4.90 Å². The first-order valence-electron chi connectivity index (χ1n) is 5.61. The Kier molecular flexibility index (Phi) is 3.74. The maximum absolute atomic E-state index is 11.5. The van der Waals surface area contributed by atoms with E-state index in [-0.39, 0.29) is 25.4 Å². The van der Waals surface area contributed by atoms with E-state index in [1.165, 1.54) is 6.92 Å². The third kappa shape index (κ3) is 2.71. The lowest BCUT2D eigenvalue weighted by molar-refractivity contribution is -0.148. The molecule has 6 heteroatoms. The molecule has 1 rings (SSSR count). The van der Waals surface area contributed by atoms with Crippen molar-refractivity contribution in [2.45, 2.75) is 26.3 Å². The summed E-state index contributed by atoms with van der Waals surface area (Å²) in [7, 11) is 0. The Morgan fingerprint density at radius 2 is 2.19 bits per heavy atom. The van der Waals surface area contributed by atoms with Gasteiger partial charge in [-0.05, 0) is 13.8 Å². The standard InChI is InChI=1S/C10H15NO5/c1-3-15-9(13)8-5-7(12)6-11(8)10(14)16-4-2/h8H,3-6H2,1-2H3/t8-/m0/s1/i4D/t4?,8-. The number of hydrogen-bond donors (Lipinski definition) is 0. The second-order valence-corrected chi connectivity index (χ2v) is 3.26. The molecular formula is C10H15NO5. The van der Waals surface area contributed by atoms with Crippen molar-refractivity contribution >= 4 is 17.8 Å². The molecule has 0 bridgehead atoms. The average Bonchev–Trinajstić information content (AvgIpc) is 2.60. The highest BCUT2D eigenvalue weighted by atomic mass is 16.6. The lowest BCUT2D eigenvalue weighted by Gasteiger charge is -2.20. The van der Waals surface area contributed by atoms with E-state index in [0.29, 0.717) is 0 Å². The van der Waals surface area contributed by atoms with Crippen LogP contribution < -0.4 is 0 Å². The van der Waals surface area contributed by atoms with Crippen LogP contribution in [0.5, 0.6) is 0 Å². The summed E-state index contributed by atoms with van der Waals surface area (Å²) in [5.74, 6) is -0.842. The number of ether oxygens (including phenoxy) is 2. The van der Waals surface area contributed by atoms with Crippen LogP contribution in [0.4, 0.5) is 4.79 Å². The number of carbonyl (C=O) groups is 3. The van der Waals surface area contributed by atoms with E-state index in [4.69, 9.17) is 6.11 Å². The van der Waals surface area contributed by atoms with Crippen molar-refractivity contribution in [1.29, 1.82) is 0 Å². The van der Waals surface area contributed by atoms with Crippen molar-refractivity contribution in [2.24, 2.45) is 0 Å². The van der Waals surface area contributed by atoms with Gasteiger partial charge in [-0.1, -0.05) is 0 Å². The molecule has 0 radical (unpaired) electrons. The molecule has 16 heavy (non-hydrogen) atoms. The van der Waals surface area contributed by atoms with Crippen molar-refractivity contribution in [2.75, 3.05) is 19.7 Å². The molecule has 0 aromatic heterocycles. The molecule has 1 aliphatic heterocycles. The minimum Gasteiger partial charge on any atom is -0.464 e.